The van der Waals surface area contributed by atoms with E-state index in [-0.39, 0.29) is 12.5 Å². The molecule has 0 atom stereocenters. The van der Waals surface area contributed by atoms with Gasteiger partial charge in [-0.3, -0.25) is 9.78 Å². The molecule has 0 spiro atoms. The van der Waals surface area contributed by atoms with Gasteiger partial charge in [0, 0.05) is 18.3 Å². The lowest BCUT2D eigenvalue weighted by Gasteiger charge is -2.25. The standard InChI is InChI=1S/C13H18N2O2/c16-9-12-8-11(5-7-14-12)13(17)15-6-4-10-2-1-3-10/h5,7-8,10,16H,1-4,6,9H2,(H,15,17). The molecule has 0 aliphatic heterocycles. The SMILES string of the molecule is O=C(NCCC1CCC1)c1ccnc(CO)c1. The number of nitrogens with one attached hydrogen (secondary N) is 1. The number of carbonyl (C=O) groups is 1. The molecule has 0 saturated heterocycles. The second kappa shape index (κ2) is 5.77. The highest BCUT2D eigenvalue weighted by atomic mass is 16.3. The van der Waals surface area contributed by atoms with E-state index in [1.807, 2.05) is 0 Å². The average molecular weight is 234 g/mol. The minimum atomic E-state index is -0.136. The van der Waals surface area contributed by atoms with Crippen LogP contribution >= 0.6 is 0 Å². The van der Waals surface area contributed by atoms with Gasteiger partial charge in [-0.2, -0.15) is 0 Å². The van der Waals surface area contributed by atoms with Gasteiger partial charge in [-0.1, -0.05) is 19.3 Å². The minimum Gasteiger partial charge on any atom is -0.390 e. The molecular weight excluding hydrogens is 216 g/mol. The van der Waals surface area contributed by atoms with Crippen LogP contribution in [0.25, 0.3) is 0 Å². The molecular formula is C13H18N2O2. The summed E-state index contributed by atoms with van der Waals surface area (Å²) >= 11 is 0. The number of nitrogens with zero attached hydrogens (tertiary/aromatic N) is 1. The molecule has 2 rings (SSSR count). The number of aliphatic hydroxyl groups excluding tert-OH is 1. The van der Waals surface area contributed by atoms with Gasteiger partial charge in [0.05, 0.1) is 12.3 Å². The lowest BCUT2D eigenvalue weighted by atomic mass is 9.83. The van der Waals surface area contributed by atoms with Gasteiger partial charge < -0.3 is 10.4 Å². The maximum atomic E-state index is 11.8. The van der Waals surface area contributed by atoms with Crippen LogP contribution in [0.5, 0.6) is 0 Å². The Labute approximate surface area is 101 Å². The predicted octanol–water partition coefficient (Wildman–Crippen LogP) is 1.49. The first kappa shape index (κ1) is 12.0. The number of carbonyl (C=O) groups excluding carboxylic acids is 1. The van der Waals surface area contributed by atoms with Crippen molar-refractivity contribution in [1.29, 1.82) is 0 Å². The summed E-state index contributed by atoms with van der Waals surface area (Å²) in [4.78, 5) is 15.7. The number of amides is 1. The lowest BCUT2D eigenvalue weighted by molar-refractivity contribution is 0.0948. The molecule has 1 heterocycles. The van der Waals surface area contributed by atoms with Crippen LogP contribution in [-0.4, -0.2) is 22.5 Å². The molecule has 0 bridgehead atoms. The van der Waals surface area contributed by atoms with E-state index in [9.17, 15) is 4.79 Å². The normalized spacial score (nSPS) is 15.4. The molecule has 0 aromatic carbocycles. The Morgan fingerprint density at radius 3 is 3.00 bits per heavy atom. The Kier molecular flexibility index (Phi) is 4.09. The van der Waals surface area contributed by atoms with Crippen molar-refractivity contribution in [2.75, 3.05) is 6.54 Å². The molecule has 92 valence electrons. The Hall–Kier alpha value is -1.42. The second-order valence-electron chi connectivity index (χ2n) is 4.54. The van der Waals surface area contributed by atoms with Crippen LogP contribution in [0.4, 0.5) is 0 Å². The molecule has 0 unspecified atom stereocenters. The van der Waals surface area contributed by atoms with Crippen molar-refractivity contribution in [3.8, 4) is 0 Å². The van der Waals surface area contributed by atoms with Crippen molar-refractivity contribution >= 4 is 5.91 Å². The first-order chi connectivity index (χ1) is 8.29. The van der Waals surface area contributed by atoms with Gasteiger partial charge in [0.15, 0.2) is 0 Å². The van der Waals surface area contributed by atoms with E-state index >= 15 is 0 Å². The first-order valence-corrected chi connectivity index (χ1v) is 6.13. The summed E-state index contributed by atoms with van der Waals surface area (Å²) in [6.07, 6.45) is 6.57. The summed E-state index contributed by atoms with van der Waals surface area (Å²) in [7, 11) is 0. The third kappa shape index (κ3) is 3.27. The average Bonchev–Trinajstić information content (AvgIpc) is 2.32. The van der Waals surface area contributed by atoms with Crippen molar-refractivity contribution in [2.45, 2.75) is 32.3 Å². The quantitative estimate of drug-likeness (QED) is 0.811. The third-order valence-electron chi connectivity index (χ3n) is 3.30. The maximum Gasteiger partial charge on any atom is 0.251 e. The molecule has 2 N–H and O–H groups in total. The van der Waals surface area contributed by atoms with Crippen LogP contribution < -0.4 is 5.32 Å². The Bertz CT molecular complexity index is 389. The minimum absolute atomic E-state index is 0.0820. The zero-order valence-electron chi connectivity index (χ0n) is 9.85. The van der Waals surface area contributed by atoms with E-state index < -0.39 is 0 Å². The topological polar surface area (TPSA) is 62.2 Å². The predicted molar refractivity (Wildman–Crippen MR) is 64.5 cm³/mol. The van der Waals surface area contributed by atoms with Crippen molar-refractivity contribution < 1.29 is 9.90 Å². The van der Waals surface area contributed by atoms with Crippen LogP contribution in [0.2, 0.25) is 0 Å². The van der Waals surface area contributed by atoms with Crippen LogP contribution in [0.15, 0.2) is 18.3 Å². The summed E-state index contributed by atoms with van der Waals surface area (Å²) in [6, 6.07) is 3.29. The molecule has 1 saturated carbocycles. The number of aromatic nitrogens is 1. The van der Waals surface area contributed by atoms with Gasteiger partial charge in [-0.15, -0.1) is 0 Å². The molecule has 1 aliphatic carbocycles. The molecule has 1 aromatic heterocycles. The number of aliphatic hydroxyl groups is 1. The van der Waals surface area contributed by atoms with E-state index in [0.717, 1.165) is 18.9 Å². The Morgan fingerprint density at radius 2 is 2.35 bits per heavy atom. The van der Waals surface area contributed by atoms with Gasteiger partial charge in [-0.05, 0) is 24.5 Å². The van der Waals surface area contributed by atoms with Crippen molar-refractivity contribution in [2.24, 2.45) is 5.92 Å². The van der Waals surface area contributed by atoms with Crippen LogP contribution in [0.1, 0.15) is 41.7 Å². The van der Waals surface area contributed by atoms with Gasteiger partial charge >= 0.3 is 0 Å². The number of hydrogen-bond donors (Lipinski definition) is 2. The largest absolute Gasteiger partial charge is 0.390 e. The zero-order valence-corrected chi connectivity index (χ0v) is 9.85. The maximum absolute atomic E-state index is 11.8. The van der Waals surface area contributed by atoms with Crippen molar-refractivity contribution in [3.63, 3.8) is 0 Å². The summed E-state index contributed by atoms with van der Waals surface area (Å²) in [5.74, 6) is 0.724. The van der Waals surface area contributed by atoms with Gasteiger partial charge in [0.2, 0.25) is 0 Å². The number of hydrogen-bond acceptors (Lipinski definition) is 3. The van der Waals surface area contributed by atoms with Crippen LogP contribution in [0.3, 0.4) is 0 Å². The summed E-state index contributed by atoms with van der Waals surface area (Å²) in [5.41, 5.74) is 1.09. The fraction of sp³-hybridized carbons (Fsp3) is 0.538. The summed E-state index contributed by atoms with van der Waals surface area (Å²) in [6.45, 7) is 0.601. The van der Waals surface area contributed by atoms with Crippen LogP contribution in [0, 0.1) is 5.92 Å². The highest BCUT2D eigenvalue weighted by molar-refractivity contribution is 5.94. The molecule has 17 heavy (non-hydrogen) atoms. The van der Waals surface area contributed by atoms with E-state index in [1.165, 1.54) is 19.3 Å². The fourth-order valence-electron chi connectivity index (χ4n) is 1.98. The molecule has 1 aromatic rings. The van der Waals surface area contributed by atoms with E-state index in [2.05, 4.69) is 10.3 Å². The Balaban J connectivity index is 1.81. The van der Waals surface area contributed by atoms with E-state index in [4.69, 9.17) is 5.11 Å². The zero-order chi connectivity index (χ0) is 12.1. The van der Waals surface area contributed by atoms with E-state index in [0.29, 0.717) is 11.3 Å². The molecule has 1 amide bonds. The van der Waals surface area contributed by atoms with E-state index in [1.54, 1.807) is 18.3 Å². The molecule has 4 heteroatoms. The highest BCUT2D eigenvalue weighted by Gasteiger charge is 2.17. The lowest BCUT2D eigenvalue weighted by Crippen LogP contribution is -2.27. The second-order valence-corrected chi connectivity index (χ2v) is 4.54. The first-order valence-electron chi connectivity index (χ1n) is 6.13. The smallest absolute Gasteiger partial charge is 0.251 e. The molecule has 1 aliphatic rings. The summed E-state index contributed by atoms with van der Waals surface area (Å²) in [5, 5.41) is 11.8. The van der Waals surface area contributed by atoms with Crippen molar-refractivity contribution in [3.05, 3.63) is 29.6 Å². The monoisotopic (exact) mass is 234 g/mol. The summed E-state index contributed by atoms with van der Waals surface area (Å²) < 4.78 is 0. The number of pyridine rings is 1. The van der Waals surface area contributed by atoms with Crippen LogP contribution in [-0.2, 0) is 6.61 Å². The fourth-order valence-corrected chi connectivity index (χ4v) is 1.98. The van der Waals surface area contributed by atoms with Crippen molar-refractivity contribution in [1.82, 2.24) is 10.3 Å². The molecule has 1 fully saturated rings. The van der Waals surface area contributed by atoms with Gasteiger partial charge in [-0.25, -0.2) is 0 Å². The van der Waals surface area contributed by atoms with Gasteiger partial charge in [0.1, 0.15) is 0 Å². The Morgan fingerprint density at radius 1 is 1.53 bits per heavy atom. The third-order valence-corrected chi connectivity index (χ3v) is 3.30. The molecule has 4 nitrogen and oxygen atoms in total. The highest BCUT2D eigenvalue weighted by Crippen LogP contribution is 2.28. The molecule has 0 radical (unpaired) electrons. The van der Waals surface area contributed by atoms with Gasteiger partial charge in [0.25, 0.3) is 5.91 Å². The number of rotatable bonds is 5.